The van der Waals surface area contributed by atoms with Crippen molar-refractivity contribution >= 4 is 19.9 Å². The van der Waals surface area contributed by atoms with Crippen molar-refractivity contribution in [1.82, 2.24) is 4.31 Å². The third-order valence-electron chi connectivity index (χ3n) is 4.85. The fourth-order valence-electron chi connectivity index (χ4n) is 2.98. The Morgan fingerprint density at radius 1 is 0.848 bits per heavy atom. The molecule has 11 heteroatoms. The normalized spacial score (nSPS) is 13.2. The number of fused-ring (bicyclic) bond motifs is 1. The van der Waals surface area contributed by atoms with E-state index in [2.05, 4.69) is 0 Å². The Kier molecular flexibility index (Phi) is 9.38. The average Bonchev–Trinajstić information content (AvgIpc) is 2.83. The molecular weight excluding hydrogens is 470 g/mol. The molecule has 3 rings (SSSR count). The molecule has 0 aliphatic carbocycles. The zero-order chi connectivity index (χ0) is 24.6. The summed E-state index contributed by atoms with van der Waals surface area (Å²) < 4.78 is 69.8. The summed E-state index contributed by atoms with van der Waals surface area (Å²) in [5, 5.41) is 0. The molecule has 1 heterocycles. The maximum absolute atomic E-state index is 12.2. The van der Waals surface area contributed by atoms with Crippen LogP contribution < -0.4 is 18.9 Å². The monoisotopic (exact) mass is 501 g/mol. The topological polar surface area (TPSA) is 108 Å². The van der Waals surface area contributed by atoms with E-state index < -0.39 is 19.9 Å². The molecule has 0 aromatic heterocycles. The van der Waals surface area contributed by atoms with Crippen LogP contribution in [0.4, 0.5) is 0 Å². The summed E-state index contributed by atoms with van der Waals surface area (Å²) in [6.45, 7) is 4.98. The predicted octanol–water partition coefficient (Wildman–Crippen LogP) is 2.99. The number of nitrogens with zero attached hydrogens (tertiary/aromatic N) is 1. The molecule has 0 spiro atoms. The second-order valence-corrected chi connectivity index (χ2v) is 11.4. The van der Waals surface area contributed by atoms with E-state index in [1.165, 1.54) is 36.7 Å². The van der Waals surface area contributed by atoms with E-state index in [1.807, 2.05) is 6.92 Å². The van der Waals surface area contributed by atoms with E-state index in [1.54, 1.807) is 32.2 Å². The van der Waals surface area contributed by atoms with Crippen LogP contribution in [0.2, 0.25) is 0 Å². The van der Waals surface area contributed by atoms with Crippen LogP contribution in [0.5, 0.6) is 23.0 Å². The van der Waals surface area contributed by atoms with Crippen LogP contribution in [0.1, 0.15) is 20.3 Å². The van der Waals surface area contributed by atoms with Gasteiger partial charge in [-0.1, -0.05) is 13.8 Å². The van der Waals surface area contributed by atoms with Crippen molar-refractivity contribution in [3.8, 4) is 23.0 Å². The molecule has 0 unspecified atom stereocenters. The van der Waals surface area contributed by atoms with Gasteiger partial charge in [0, 0.05) is 25.7 Å². The van der Waals surface area contributed by atoms with Gasteiger partial charge in [0.15, 0.2) is 32.8 Å². The fourth-order valence-corrected chi connectivity index (χ4v) is 5.15. The number of rotatable bonds is 8. The molecule has 9 nitrogen and oxygen atoms in total. The highest BCUT2D eigenvalue weighted by Crippen LogP contribution is 2.33. The molecule has 184 valence electrons. The van der Waals surface area contributed by atoms with Gasteiger partial charge in [0.1, 0.15) is 13.2 Å². The van der Waals surface area contributed by atoms with Crippen LogP contribution in [-0.2, 0) is 19.9 Å². The van der Waals surface area contributed by atoms with Crippen molar-refractivity contribution in [3.63, 3.8) is 0 Å². The van der Waals surface area contributed by atoms with Crippen molar-refractivity contribution in [2.24, 2.45) is 0 Å². The van der Waals surface area contributed by atoms with Crippen LogP contribution in [0, 0.1) is 0 Å². The first-order valence-corrected chi connectivity index (χ1v) is 13.5. The van der Waals surface area contributed by atoms with Crippen LogP contribution in [0.25, 0.3) is 0 Å². The third-order valence-corrected chi connectivity index (χ3v) is 8.44. The number of ether oxygens (including phenoxy) is 4. The minimum atomic E-state index is -3.44. The van der Waals surface area contributed by atoms with E-state index in [9.17, 15) is 16.8 Å². The van der Waals surface area contributed by atoms with Gasteiger partial charge in [-0.05, 0) is 30.7 Å². The number of hydrogen-bond acceptors (Lipinski definition) is 8. The zero-order valence-electron chi connectivity index (χ0n) is 19.5. The molecule has 2 aromatic carbocycles. The van der Waals surface area contributed by atoms with Gasteiger partial charge in [0.25, 0.3) is 0 Å². The SMILES string of the molecule is CCCN(C)S(=O)(=O)c1ccc2c(c1)OCCO2.CCS(=O)(=O)c1ccc(OC)c(OC)c1. The maximum Gasteiger partial charge on any atom is 0.242 e. The summed E-state index contributed by atoms with van der Waals surface area (Å²) in [5.74, 6) is 2.10. The third kappa shape index (κ3) is 6.52. The van der Waals surface area contributed by atoms with Gasteiger partial charge in [0.2, 0.25) is 10.0 Å². The van der Waals surface area contributed by atoms with Crippen molar-refractivity contribution in [2.75, 3.05) is 46.8 Å². The summed E-state index contributed by atoms with van der Waals surface area (Å²) in [4.78, 5) is 0.491. The van der Waals surface area contributed by atoms with Gasteiger partial charge in [-0.2, -0.15) is 0 Å². The number of methoxy groups -OCH3 is 2. The molecule has 0 fully saturated rings. The van der Waals surface area contributed by atoms with Gasteiger partial charge >= 0.3 is 0 Å². The van der Waals surface area contributed by atoms with Crippen molar-refractivity contribution < 1.29 is 35.8 Å². The van der Waals surface area contributed by atoms with Gasteiger partial charge in [-0.3, -0.25) is 0 Å². The summed E-state index contributed by atoms with van der Waals surface area (Å²) >= 11 is 0. The minimum absolute atomic E-state index is 0.0719. The second-order valence-electron chi connectivity index (χ2n) is 7.05. The molecule has 0 saturated heterocycles. The fraction of sp³-hybridized carbons (Fsp3) is 0.455. The first kappa shape index (κ1) is 26.7. The molecule has 2 aromatic rings. The standard InChI is InChI=1S/C12H17NO4S.C10H14O4S/c1-3-6-13(2)18(14,15)10-4-5-11-12(9-10)17-8-7-16-11;1-4-15(11,12)8-5-6-9(13-2)10(7-8)14-3/h4-5,9H,3,6-8H2,1-2H3;5-7H,4H2,1-3H3. The lowest BCUT2D eigenvalue weighted by molar-refractivity contribution is 0.171. The van der Waals surface area contributed by atoms with E-state index in [-0.39, 0.29) is 15.5 Å². The van der Waals surface area contributed by atoms with E-state index in [0.29, 0.717) is 42.8 Å². The van der Waals surface area contributed by atoms with Crippen LogP contribution in [0.15, 0.2) is 46.2 Å². The van der Waals surface area contributed by atoms with Crippen LogP contribution >= 0.6 is 0 Å². The predicted molar refractivity (Wildman–Crippen MR) is 125 cm³/mol. The first-order valence-electron chi connectivity index (χ1n) is 10.4. The number of sulfone groups is 1. The minimum Gasteiger partial charge on any atom is -0.493 e. The molecule has 0 atom stereocenters. The Balaban J connectivity index is 0.000000238. The Bertz CT molecular complexity index is 1150. The Hall–Kier alpha value is -2.50. The molecular formula is C22H31NO8S2. The van der Waals surface area contributed by atoms with Gasteiger partial charge in [-0.15, -0.1) is 0 Å². The molecule has 0 N–H and O–H groups in total. The highest BCUT2D eigenvalue weighted by atomic mass is 32.2. The number of hydrogen-bond donors (Lipinski definition) is 0. The largest absolute Gasteiger partial charge is 0.493 e. The molecule has 0 saturated carbocycles. The zero-order valence-corrected chi connectivity index (χ0v) is 21.2. The lowest BCUT2D eigenvalue weighted by atomic mass is 10.3. The van der Waals surface area contributed by atoms with Crippen molar-refractivity contribution in [3.05, 3.63) is 36.4 Å². The lowest BCUT2D eigenvalue weighted by Gasteiger charge is -2.20. The lowest BCUT2D eigenvalue weighted by Crippen LogP contribution is -2.27. The molecule has 0 radical (unpaired) electrons. The highest BCUT2D eigenvalue weighted by Gasteiger charge is 2.23. The molecule has 0 bridgehead atoms. The van der Waals surface area contributed by atoms with Crippen LogP contribution in [-0.4, -0.2) is 67.9 Å². The second kappa shape index (κ2) is 11.6. The van der Waals surface area contributed by atoms with Crippen molar-refractivity contribution in [2.45, 2.75) is 30.1 Å². The maximum atomic E-state index is 12.2. The summed E-state index contributed by atoms with van der Waals surface area (Å²) in [6, 6.07) is 9.28. The van der Waals surface area contributed by atoms with E-state index in [0.717, 1.165) is 6.42 Å². The molecule has 1 aliphatic rings. The van der Waals surface area contributed by atoms with Gasteiger partial charge in [-0.25, -0.2) is 21.1 Å². The number of benzene rings is 2. The average molecular weight is 502 g/mol. The van der Waals surface area contributed by atoms with E-state index >= 15 is 0 Å². The van der Waals surface area contributed by atoms with Crippen molar-refractivity contribution in [1.29, 1.82) is 0 Å². The molecule has 0 amide bonds. The first-order chi connectivity index (χ1) is 15.6. The number of sulfonamides is 1. The van der Waals surface area contributed by atoms with E-state index in [4.69, 9.17) is 18.9 Å². The summed E-state index contributed by atoms with van der Waals surface area (Å²) in [7, 11) is -2.07. The highest BCUT2D eigenvalue weighted by molar-refractivity contribution is 7.91. The Labute approximate surface area is 196 Å². The quantitative estimate of drug-likeness (QED) is 0.543. The molecule has 33 heavy (non-hydrogen) atoms. The van der Waals surface area contributed by atoms with Gasteiger partial charge in [0.05, 0.1) is 29.8 Å². The Morgan fingerprint density at radius 2 is 1.45 bits per heavy atom. The smallest absolute Gasteiger partial charge is 0.242 e. The molecule has 1 aliphatic heterocycles. The van der Waals surface area contributed by atoms with Crippen LogP contribution in [0.3, 0.4) is 0 Å². The summed E-state index contributed by atoms with van der Waals surface area (Å²) in [5.41, 5.74) is 0. The Morgan fingerprint density at radius 3 is 2.03 bits per heavy atom. The summed E-state index contributed by atoms with van der Waals surface area (Å²) in [6.07, 6.45) is 0.778. The van der Waals surface area contributed by atoms with Gasteiger partial charge < -0.3 is 18.9 Å².